The average Bonchev–Trinajstić information content (AvgIpc) is 2.83. The molecule has 1 aliphatic carbocycles. The highest BCUT2D eigenvalue weighted by molar-refractivity contribution is 7.80. The number of hydrogen-bond acceptors (Lipinski definition) is 4. The van der Waals surface area contributed by atoms with Gasteiger partial charge in [-0.05, 0) is 62.7 Å². The Morgan fingerprint density at radius 2 is 1.79 bits per heavy atom. The zero-order chi connectivity index (χ0) is 23.7. The summed E-state index contributed by atoms with van der Waals surface area (Å²) in [5, 5.41) is 5.05. The maximum absolute atomic E-state index is 13.1. The molecular weight excluding hydrogens is 446 g/mol. The van der Waals surface area contributed by atoms with Crippen LogP contribution in [0.3, 0.4) is 0 Å². The van der Waals surface area contributed by atoms with Gasteiger partial charge in [-0.2, -0.15) is 0 Å². The molecule has 3 aromatic rings. The number of nitrogens with zero attached hydrogens (tertiary/aromatic N) is 1. The molecule has 6 nitrogen and oxygen atoms in total. The molecule has 178 valence electrons. The minimum absolute atomic E-state index is 0.0979. The summed E-state index contributed by atoms with van der Waals surface area (Å²) in [6.07, 6.45) is 5.79. The zero-order valence-electron chi connectivity index (χ0n) is 19.8. The minimum atomic E-state index is -0.0979. The number of hydrogen-bond donors (Lipinski definition) is 2. The first-order valence-electron chi connectivity index (χ1n) is 12.1. The molecule has 0 bridgehead atoms. The van der Waals surface area contributed by atoms with Crippen molar-refractivity contribution in [3.05, 3.63) is 63.4 Å². The van der Waals surface area contributed by atoms with Crippen molar-refractivity contribution in [2.24, 2.45) is 0 Å². The molecule has 0 atom stereocenters. The van der Waals surface area contributed by atoms with E-state index in [1.165, 1.54) is 24.8 Å². The number of aryl methyl sites for hydroxylation is 2. The quantitative estimate of drug-likeness (QED) is 0.487. The monoisotopic (exact) mass is 477 g/mol. The average molecular weight is 478 g/mol. The topological polar surface area (TPSA) is 66.6 Å². The van der Waals surface area contributed by atoms with Crippen LogP contribution in [0.2, 0.25) is 0 Å². The summed E-state index contributed by atoms with van der Waals surface area (Å²) in [5.41, 5.74) is 4.73. The normalized spacial score (nSPS) is 15.8. The second-order valence-corrected chi connectivity index (χ2v) is 9.76. The highest BCUT2D eigenvalue weighted by atomic mass is 32.1. The van der Waals surface area contributed by atoms with Crippen molar-refractivity contribution < 1.29 is 9.47 Å². The molecule has 2 aliphatic rings. The molecule has 7 heteroatoms. The lowest BCUT2D eigenvalue weighted by atomic mass is 9.94. The zero-order valence-corrected chi connectivity index (χ0v) is 20.6. The Morgan fingerprint density at radius 3 is 2.53 bits per heavy atom. The Balaban J connectivity index is 1.46. The first-order chi connectivity index (χ1) is 16.5. The third-order valence-corrected chi connectivity index (χ3v) is 7.16. The maximum atomic E-state index is 13.1. The summed E-state index contributed by atoms with van der Waals surface area (Å²) >= 11 is 5.92. The highest BCUT2D eigenvalue weighted by Crippen LogP contribution is 2.34. The van der Waals surface area contributed by atoms with E-state index in [4.69, 9.17) is 21.7 Å². The van der Waals surface area contributed by atoms with Gasteiger partial charge < -0.3 is 24.7 Å². The fourth-order valence-electron chi connectivity index (χ4n) is 4.99. The number of fused-ring (bicyclic) bond motifs is 2. The molecular formula is C27H31N3O3S. The molecule has 5 rings (SSSR count). The van der Waals surface area contributed by atoms with E-state index in [1.807, 2.05) is 18.2 Å². The van der Waals surface area contributed by atoms with Crippen molar-refractivity contribution in [2.75, 3.05) is 18.5 Å². The minimum Gasteiger partial charge on any atom is -0.486 e. The number of ether oxygens (including phenoxy) is 2. The Kier molecular flexibility index (Phi) is 6.46. The van der Waals surface area contributed by atoms with Gasteiger partial charge >= 0.3 is 0 Å². The van der Waals surface area contributed by atoms with Crippen LogP contribution in [0.15, 0.2) is 41.2 Å². The van der Waals surface area contributed by atoms with Crippen LogP contribution in [-0.4, -0.2) is 34.3 Å². The van der Waals surface area contributed by atoms with E-state index in [1.54, 1.807) is 0 Å². The fraction of sp³-hybridized carbons (Fsp3) is 0.407. The van der Waals surface area contributed by atoms with Gasteiger partial charge in [0, 0.05) is 28.7 Å². The van der Waals surface area contributed by atoms with Crippen LogP contribution in [0.4, 0.5) is 5.69 Å². The van der Waals surface area contributed by atoms with Crippen LogP contribution in [0.5, 0.6) is 11.5 Å². The lowest BCUT2D eigenvalue weighted by Gasteiger charge is -2.36. The molecule has 0 spiro atoms. The van der Waals surface area contributed by atoms with Gasteiger partial charge in [-0.3, -0.25) is 4.79 Å². The predicted octanol–water partition coefficient (Wildman–Crippen LogP) is 5.45. The number of aromatic nitrogens is 1. The van der Waals surface area contributed by atoms with Gasteiger partial charge in [-0.25, -0.2) is 0 Å². The van der Waals surface area contributed by atoms with Gasteiger partial charge in [0.25, 0.3) is 5.56 Å². The van der Waals surface area contributed by atoms with Crippen LogP contribution in [0.1, 0.15) is 48.8 Å². The van der Waals surface area contributed by atoms with Crippen molar-refractivity contribution in [1.29, 1.82) is 0 Å². The molecule has 2 aromatic carbocycles. The lowest BCUT2D eigenvalue weighted by molar-refractivity contribution is 0.172. The molecule has 2 N–H and O–H groups in total. The van der Waals surface area contributed by atoms with Crippen LogP contribution in [0.25, 0.3) is 10.9 Å². The van der Waals surface area contributed by atoms with E-state index < -0.39 is 0 Å². The van der Waals surface area contributed by atoms with E-state index in [2.05, 4.69) is 47.2 Å². The second-order valence-electron chi connectivity index (χ2n) is 9.38. The first-order valence-corrected chi connectivity index (χ1v) is 12.5. The molecule has 1 aromatic heterocycles. The molecule has 0 unspecified atom stereocenters. The maximum Gasteiger partial charge on any atom is 0.253 e. The number of rotatable bonds is 4. The smallest absolute Gasteiger partial charge is 0.253 e. The molecule has 1 fully saturated rings. The summed E-state index contributed by atoms with van der Waals surface area (Å²) in [4.78, 5) is 18.3. The van der Waals surface area contributed by atoms with Gasteiger partial charge in [-0.1, -0.05) is 37.0 Å². The van der Waals surface area contributed by atoms with Gasteiger partial charge in [0.1, 0.15) is 13.2 Å². The molecule has 1 saturated carbocycles. The van der Waals surface area contributed by atoms with Gasteiger partial charge in [0.2, 0.25) is 0 Å². The second kappa shape index (κ2) is 9.66. The Morgan fingerprint density at radius 1 is 1.06 bits per heavy atom. The number of pyridine rings is 1. The van der Waals surface area contributed by atoms with Crippen LogP contribution in [0, 0.1) is 13.8 Å². The molecule has 0 radical (unpaired) electrons. The number of benzene rings is 2. The predicted molar refractivity (Wildman–Crippen MR) is 140 cm³/mol. The SMILES string of the molecule is Cc1ccc(NC(=S)N(Cc2cc3cc4c(cc3[nH]c2=O)OCCO4)C2CCCCC2)c(C)c1. The summed E-state index contributed by atoms with van der Waals surface area (Å²) in [7, 11) is 0. The number of aromatic amines is 1. The molecule has 2 heterocycles. The van der Waals surface area contributed by atoms with Crippen molar-refractivity contribution in [3.8, 4) is 11.5 Å². The van der Waals surface area contributed by atoms with E-state index >= 15 is 0 Å². The Labute approximate surface area is 205 Å². The van der Waals surface area contributed by atoms with Gasteiger partial charge in [0.05, 0.1) is 12.1 Å². The Bertz CT molecular complexity index is 1280. The van der Waals surface area contributed by atoms with E-state index in [0.29, 0.717) is 48.0 Å². The van der Waals surface area contributed by atoms with E-state index in [-0.39, 0.29) is 5.56 Å². The Hall–Kier alpha value is -3.06. The van der Waals surface area contributed by atoms with Crippen LogP contribution in [-0.2, 0) is 6.54 Å². The van der Waals surface area contributed by atoms with Crippen molar-refractivity contribution in [2.45, 2.75) is 58.5 Å². The fourth-order valence-corrected chi connectivity index (χ4v) is 5.31. The highest BCUT2D eigenvalue weighted by Gasteiger charge is 2.25. The van der Waals surface area contributed by atoms with E-state index in [9.17, 15) is 4.79 Å². The van der Waals surface area contributed by atoms with Crippen LogP contribution < -0.4 is 20.3 Å². The number of nitrogens with one attached hydrogen (secondary N) is 2. The van der Waals surface area contributed by atoms with Crippen molar-refractivity contribution in [3.63, 3.8) is 0 Å². The first kappa shape index (κ1) is 22.7. The molecule has 0 saturated heterocycles. The van der Waals surface area contributed by atoms with Gasteiger partial charge in [0.15, 0.2) is 16.6 Å². The third kappa shape index (κ3) is 4.75. The molecule has 1 aliphatic heterocycles. The summed E-state index contributed by atoms with van der Waals surface area (Å²) in [6, 6.07) is 12.4. The summed E-state index contributed by atoms with van der Waals surface area (Å²) < 4.78 is 11.4. The molecule has 34 heavy (non-hydrogen) atoms. The number of H-pyrrole nitrogens is 1. The van der Waals surface area contributed by atoms with Crippen LogP contribution >= 0.6 is 12.2 Å². The van der Waals surface area contributed by atoms with Gasteiger partial charge in [-0.15, -0.1) is 0 Å². The number of thiocarbonyl (C=S) groups is 1. The number of anilines is 1. The van der Waals surface area contributed by atoms with Crippen molar-refractivity contribution >= 4 is 33.9 Å². The standard InChI is InChI=1S/C27H31N3O3S/c1-17-8-9-22(18(2)12-17)29-27(34)30(21-6-4-3-5-7-21)16-20-13-19-14-24-25(33-11-10-32-24)15-23(19)28-26(20)31/h8-9,12-15,21H,3-7,10-11,16H2,1-2H3,(H,28,31)(H,29,34). The largest absolute Gasteiger partial charge is 0.486 e. The summed E-state index contributed by atoms with van der Waals surface area (Å²) in [5.74, 6) is 1.39. The summed E-state index contributed by atoms with van der Waals surface area (Å²) in [6.45, 7) is 5.68. The lowest BCUT2D eigenvalue weighted by Crippen LogP contribution is -2.44. The third-order valence-electron chi connectivity index (χ3n) is 6.82. The van der Waals surface area contributed by atoms with E-state index in [0.717, 1.165) is 35.0 Å². The molecule has 0 amide bonds. The van der Waals surface area contributed by atoms with Crippen molar-refractivity contribution in [1.82, 2.24) is 9.88 Å².